The van der Waals surface area contributed by atoms with E-state index in [1.165, 1.54) is 41.7 Å². The molecule has 0 nitrogen and oxygen atoms in total. The molecule has 2 aromatic heterocycles. The van der Waals surface area contributed by atoms with E-state index in [0.717, 1.165) is 0 Å². The van der Waals surface area contributed by atoms with E-state index in [1.807, 2.05) is 22.7 Å². The summed E-state index contributed by atoms with van der Waals surface area (Å²) in [5, 5.41) is 0. The van der Waals surface area contributed by atoms with Gasteiger partial charge in [0.05, 0.1) is 0 Å². The number of rotatable bonds is 2. The highest BCUT2D eigenvalue weighted by Gasteiger charge is 2.30. The molecule has 1 fully saturated rings. The molecule has 3 rings (SSSR count). The Hall–Kier alpha value is -0.340. The molecule has 92 valence electrons. The third-order valence-electron chi connectivity index (χ3n) is 4.21. The quantitative estimate of drug-likeness (QED) is 0.652. The van der Waals surface area contributed by atoms with Crippen LogP contribution >= 0.6 is 22.7 Å². The molecular formula is C15H20S2. The van der Waals surface area contributed by atoms with Crippen molar-refractivity contribution in [2.24, 2.45) is 5.41 Å². The second-order valence-electron chi connectivity index (χ2n) is 5.90. The average Bonchev–Trinajstić information content (AvgIpc) is 2.89. The fourth-order valence-electron chi connectivity index (χ4n) is 3.13. The van der Waals surface area contributed by atoms with Crippen LogP contribution in [0.5, 0.6) is 0 Å². The van der Waals surface area contributed by atoms with Crippen LogP contribution in [0.3, 0.4) is 0 Å². The molecule has 2 heteroatoms. The summed E-state index contributed by atoms with van der Waals surface area (Å²) in [6.07, 6.45) is 7.04. The first kappa shape index (κ1) is 11.7. The van der Waals surface area contributed by atoms with Crippen molar-refractivity contribution in [1.29, 1.82) is 0 Å². The van der Waals surface area contributed by atoms with E-state index < -0.39 is 0 Å². The van der Waals surface area contributed by atoms with Gasteiger partial charge in [-0.2, -0.15) is 0 Å². The zero-order valence-corrected chi connectivity index (χ0v) is 12.6. The lowest BCUT2D eigenvalue weighted by molar-refractivity contribution is 0.337. The fraction of sp³-hybridized carbons (Fsp3) is 0.600. The van der Waals surface area contributed by atoms with Crippen LogP contribution in [0.15, 0.2) is 6.07 Å². The minimum Gasteiger partial charge on any atom is -0.139 e. The van der Waals surface area contributed by atoms with Crippen LogP contribution < -0.4 is 0 Å². The first-order valence-corrected chi connectivity index (χ1v) is 8.19. The van der Waals surface area contributed by atoms with Crippen molar-refractivity contribution in [3.8, 4) is 0 Å². The maximum Gasteiger partial charge on any atom is 0.0485 e. The van der Waals surface area contributed by atoms with E-state index >= 15 is 0 Å². The Morgan fingerprint density at radius 2 is 1.88 bits per heavy atom. The highest BCUT2D eigenvalue weighted by Crippen LogP contribution is 2.45. The molecule has 0 saturated heterocycles. The van der Waals surface area contributed by atoms with Gasteiger partial charge in [-0.15, -0.1) is 22.7 Å². The van der Waals surface area contributed by atoms with Crippen molar-refractivity contribution in [3.63, 3.8) is 0 Å². The van der Waals surface area contributed by atoms with E-state index in [0.29, 0.717) is 5.41 Å². The van der Waals surface area contributed by atoms with Crippen molar-refractivity contribution in [3.05, 3.63) is 21.4 Å². The standard InChI is InChI=1S/C15H20S2/c1-10-8-12-14(16-10)11(2)13(17-12)9-15(3)6-4-5-7-15/h8H,4-7,9H2,1-3H3. The van der Waals surface area contributed by atoms with Crippen LogP contribution in [0.4, 0.5) is 0 Å². The normalized spacial score (nSPS) is 19.2. The summed E-state index contributed by atoms with van der Waals surface area (Å²) in [5.74, 6) is 0. The first-order valence-electron chi connectivity index (χ1n) is 6.56. The lowest BCUT2D eigenvalue weighted by Crippen LogP contribution is -2.14. The minimum atomic E-state index is 0.590. The molecule has 1 aliphatic rings. The van der Waals surface area contributed by atoms with Crippen LogP contribution in [0.2, 0.25) is 0 Å². The molecule has 2 heterocycles. The number of hydrogen-bond donors (Lipinski definition) is 0. The number of hydrogen-bond acceptors (Lipinski definition) is 2. The Morgan fingerprint density at radius 3 is 2.53 bits per heavy atom. The van der Waals surface area contributed by atoms with Gasteiger partial charge in [0.1, 0.15) is 0 Å². The lowest BCUT2D eigenvalue weighted by atomic mass is 9.84. The van der Waals surface area contributed by atoms with E-state index in [4.69, 9.17) is 0 Å². The third kappa shape index (κ3) is 2.06. The van der Waals surface area contributed by atoms with Crippen LogP contribution in [0, 0.1) is 19.3 Å². The van der Waals surface area contributed by atoms with E-state index in [9.17, 15) is 0 Å². The molecule has 2 aromatic rings. The van der Waals surface area contributed by atoms with Gasteiger partial charge < -0.3 is 0 Å². The summed E-state index contributed by atoms with van der Waals surface area (Å²) in [4.78, 5) is 3.10. The Balaban J connectivity index is 1.95. The SMILES string of the molecule is Cc1cc2sc(CC3(C)CCCC3)c(C)c2s1. The molecule has 0 spiro atoms. The Labute approximate surface area is 112 Å². The molecular weight excluding hydrogens is 244 g/mol. The van der Waals surface area contributed by atoms with Crippen LogP contribution in [0.25, 0.3) is 9.40 Å². The number of fused-ring (bicyclic) bond motifs is 1. The maximum atomic E-state index is 2.48. The third-order valence-corrected chi connectivity index (χ3v) is 6.75. The molecule has 0 unspecified atom stereocenters. The highest BCUT2D eigenvalue weighted by molar-refractivity contribution is 7.28. The smallest absolute Gasteiger partial charge is 0.0485 e. The zero-order chi connectivity index (χ0) is 12.0. The molecule has 17 heavy (non-hydrogen) atoms. The van der Waals surface area contributed by atoms with E-state index in [-0.39, 0.29) is 0 Å². The summed E-state index contributed by atoms with van der Waals surface area (Å²) in [6.45, 7) is 7.02. The molecule has 0 aromatic carbocycles. The summed E-state index contributed by atoms with van der Waals surface area (Å²) < 4.78 is 3.06. The molecule has 1 aliphatic carbocycles. The second kappa shape index (κ2) is 4.10. The highest BCUT2D eigenvalue weighted by atomic mass is 32.1. The molecule has 0 amide bonds. The molecule has 1 saturated carbocycles. The van der Waals surface area contributed by atoms with Crippen LogP contribution in [-0.4, -0.2) is 0 Å². The average molecular weight is 264 g/mol. The van der Waals surface area contributed by atoms with Crippen molar-refractivity contribution in [1.82, 2.24) is 0 Å². The predicted octanol–water partition coefficient (Wildman–Crippen LogP) is 5.70. The van der Waals surface area contributed by atoms with Gasteiger partial charge in [0, 0.05) is 19.2 Å². The Bertz CT molecular complexity index is 539. The number of aryl methyl sites for hydroxylation is 2. The van der Waals surface area contributed by atoms with Gasteiger partial charge in [0.15, 0.2) is 0 Å². The van der Waals surface area contributed by atoms with Gasteiger partial charge >= 0.3 is 0 Å². The van der Waals surface area contributed by atoms with Crippen molar-refractivity contribution >= 4 is 32.1 Å². The van der Waals surface area contributed by atoms with E-state index in [2.05, 4.69) is 26.8 Å². The van der Waals surface area contributed by atoms with E-state index in [1.54, 1.807) is 15.1 Å². The molecule has 0 N–H and O–H groups in total. The lowest BCUT2D eigenvalue weighted by Gasteiger charge is -2.22. The molecule has 0 atom stereocenters. The summed E-state index contributed by atoms with van der Waals surface area (Å²) in [7, 11) is 0. The van der Waals surface area contributed by atoms with Gasteiger partial charge in [0.25, 0.3) is 0 Å². The largest absolute Gasteiger partial charge is 0.139 e. The minimum absolute atomic E-state index is 0.590. The van der Waals surface area contributed by atoms with Gasteiger partial charge in [-0.1, -0.05) is 19.8 Å². The van der Waals surface area contributed by atoms with Crippen molar-refractivity contribution in [2.45, 2.75) is 52.9 Å². The topological polar surface area (TPSA) is 0 Å². The first-order chi connectivity index (χ1) is 8.07. The molecule has 0 bridgehead atoms. The molecule has 0 aliphatic heterocycles. The fourth-order valence-corrected chi connectivity index (χ4v) is 5.87. The monoisotopic (exact) mass is 264 g/mol. The van der Waals surface area contributed by atoms with Crippen LogP contribution in [-0.2, 0) is 6.42 Å². The van der Waals surface area contributed by atoms with Gasteiger partial charge in [-0.3, -0.25) is 0 Å². The Kier molecular flexibility index (Phi) is 2.83. The van der Waals surface area contributed by atoms with Gasteiger partial charge in [-0.25, -0.2) is 0 Å². The second-order valence-corrected chi connectivity index (χ2v) is 8.29. The van der Waals surface area contributed by atoms with Gasteiger partial charge in [0.2, 0.25) is 0 Å². The van der Waals surface area contributed by atoms with Gasteiger partial charge in [-0.05, 0) is 50.2 Å². The van der Waals surface area contributed by atoms with Crippen molar-refractivity contribution in [2.75, 3.05) is 0 Å². The summed E-state index contributed by atoms with van der Waals surface area (Å²) in [5.41, 5.74) is 2.16. The number of thiophene rings is 2. The van der Waals surface area contributed by atoms with Crippen LogP contribution in [0.1, 0.15) is 47.9 Å². The summed E-state index contributed by atoms with van der Waals surface area (Å²) in [6, 6.07) is 2.36. The predicted molar refractivity (Wildman–Crippen MR) is 79.5 cm³/mol. The molecule has 0 radical (unpaired) electrons. The van der Waals surface area contributed by atoms with Crippen molar-refractivity contribution < 1.29 is 0 Å². The summed E-state index contributed by atoms with van der Waals surface area (Å²) >= 11 is 4.01. The Morgan fingerprint density at radius 1 is 1.18 bits per heavy atom. The zero-order valence-electron chi connectivity index (χ0n) is 10.9. The maximum absolute atomic E-state index is 2.48.